The second-order valence-corrected chi connectivity index (χ2v) is 6.19. The molecular formula is C8H18N2O2S. The van der Waals surface area contributed by atoms with E-state index in [0.29, 0.717) is 0 Å². The molecule has 0 aromatic heterocycles. The Morgan fingerprint density at radius 1 is 1.31 bits per heavy atom. The minimum Gasteiger partial charge on any atom is -0.251 e. The zero-order chi connectivity index (χ0) is 10.1. The Bertz CT molecular complexity index is 261. The molecular weight excluding hydrogens is 188 g/mol. The summed E-state index contributed by atoms with van der Waals surface area (Å²) in [5, 5.41) is 1.63. The summed E-state index contributed by atoms with van der Waals surface area (Å²) in [4.78, 5) is 0. The summed E-state index contributed by atoms with van der Waals surface area (Å²) < 4.78 is 22.7. The first-order valence-electron chi connectivity index (χ1n) is 4.53. The van der Waals surface area contributed by atoms with Crippen molar-refractivity contribution < 1.29 is 8.42 Å². The molecule has 1 rings (SSSR count). The van der Waals surface area contributed by atoms with E-state index in [2.05, 4.69) is 5.43 Å². The van der Waals surface area contributed by atoms with Crippen LogP contribution in [0.15, 0.2) is 0 Å². The molecule has 1 saturated carbocycles. The summed E-state index contributed by atoms with van der Waals surface area (Å²) >= 11 is 0. The van der Waals surface area contributed by atoms with Crippen LogP contribution < -0.4 is 5.43 Å². The minimum absolute atomic E-state index is 0.102. The molecule has 1 fully saturated rings. The van der Waals surface area contributed by atoms with Crippen LogP contribution in [-0.4, -0.2) is 45.1 Å². The fourth-order valence-electron chi connectivity index (χ4n) is 1.92. The van der Waals surface area contributed by atoms with Gasteiger partial charge in [-0.25, -0.2) is 8.42 Å². The lowest BCUT2D eigenvalue weighted by atomic mass is 10.3. The van der Waals surface area contributed by atoms with Crippen molar-refractivity contribution in [3.05, 3.63) is 0 Å². The molecule has 0 amide bonds. The maximum Gasteiger partial charge on any atom is 0.151 e. The number of nitrogens with zero attached hydrogens (tertiary/aromatic N) is 1. The first-order chi connectivity index (χ1) is 5.91. The molecule has 1 N–H and O–H groups in total. The minimum atomic E-state index is -2.89. The molecule has 0 aromatic carbocycles. The van der Waals surface area contributed by atoms with Gasteiger partial charge in [-0.15, -0.1) is 0 Å². The average Bonchev–Trinajstić information content (AvgIpc) is 2.31. The van der Waals surface area contributed by atoms with Crippen LogP contribution in [0, 0.1) is 0 Å². The molecule has 78 valence electrons. The van der Waals surface area contributed by atoms with Crippen molar-refractivity contribution in [2.45, 2.75) is 30.6 Å². The van der Waals surface area contributed by atoms with Crippen LogP contribution in [0.1, 0.15) is 19.3 Å². The molecule has 13 heavy (non-hydrogen) atoms. The highest BCUT2D eigenvalue weighted by atomic mass is 32.2. The van der Waals surface area contributed by atoms with Gasteiger partial charge >= 0.3 is 0 Å². The van der Waals surface area contributed by atoms with E-state index in [1.54, 1.807) is 0 Å². The largest absolute Gasteiger partial charge is 0.251 e. The second-order valence-electron chi connectivity index (χ2n) is 3.93. The van der Waals surface area contributed by atoms with Crippen molar-refractivity contribution >= 4 is 9.84 Å². The van der Waals surface area contributed by atoms with Gasteiger partial charge in [0.15, 0.2) is 9.84 Å². The Morgan fingerprint density at radius 3 is 2.38 bits per heavy atom. The fraction of sp³-hybridized carbons (Fsp3) is 1.00. The van der Waals surface area contributed by atoms with Crippen LogP contribution in [0.4, 0.5) is 0 Å². The van der Waals surface area contributed by atoms with Gasteiger partial charge in [0.05, 0.1) is 5.25 Å². The van der Waals surface area contributed by atoms with Crippen LogP contribution in [0.2, 0.25) is 0 Å². The van der Waals surface area contributed by atoms with Gasteiger partial charge < -0.3 is 0 Å². The van der Waals surface area contributed by atoms with Crippen molar-refractivity contribution in [3.8, 4) is 0 Å². The predicted molar refractivity (Wildman–Crippen MR) is 53.1 cm³/mol. The number of hydrogen-bond donors (Lipinski definition) is 1. The van der Waals surface area contributed by atoms with Gasteiger partial charge in [-0.3, -0.25) is 10.4 Å². The van der Waals surface area contributed by atoms with E-state index < -0.39 is 9.84 Å². The number of rotatable bonds is 3. The Hall–Kier alpha value is -0.130. The van der Waals surface area contributed by atoms with Crippen molar-refractivity contribution in [3.63, 3.8) is 0 Å². The smallest absolute Gasteiger partial charge is 0.151 e. The van der Waals surface area contributed by atoms with Crippen LogP contribution in [0.25, 0.3) is 0 Å². The molecule has 2 atom stereocenters. The van der Waals surface area contributed by atoms with Gasteiger partial charge in [-0.2, -0.15) is 0 Å². The maximum absolute atomic E-state index is 11.4. The summed E-state index contributed by atoms with van der Waals surface area (Å²) in [5.41, 5.74) is 3.15. The summed E-state index contributed by atoms with van der Waals surface area (Å²) in [6, 6.07) is 0.102. The lowest BCUT2D eigenvalue weighted by Crippen LogP contribution is -2.46. The Balaban J connectivity index is 2.65. The van der Waals surface area contributed by atoms with Gasteiger partial charge in [0.1, 0.15) is 0 Å². The summed E-state index contributed by atoms with van der Waals surface area (Å²) in [6.45, 7) is 0. The van der Waals surface area contributed by atoms with Gasteiger partial charge in [-0.1, -0.05) is 6.42 Å². The summed E-state index contributed by atoms with van der Waals surface area (Å²) in [5.74, 6) is 0. The lowest BCUT2D eigenvalue weighted by molar-refractivity contribution is 0.244. The van der Waals surface area contributed by atoms with Crippen LogP contribution in [-0.2, 0) is 9.84 Å². The van der Waals surface area contributed by atoms with Gasteiger partial charge in [0.2, 0.25) is 0 Å². The third kappa shape index (κ3) is 2.93. The van der Waals surface area contributed by atoms with Crippen molar-refractivity contribution in [2.75, 3.05) is 20.4 Å². The monoisotopic (exact) mass is 206 g/mol. The Morgan fingerprint density at radius 2 is 1.92 bits per heavy atom. The van der Waals surface area contributed by atoms with E-state index in [0.717, 1.165) is 19.3 Å². The first-order valence-corrected chi connectivity index (χ1v) is 6.49. The Kier molecular flexibility index (Phi) is 3.32. The van der Waals surface area contributed by atoms with Gasteiger partial charge in [0.25, 0.3) is 0 Å². The van der Waals surface area contributed by atoms with Gasteiger partial charge in [0, 0.05) is 26.4 Å². The maximum atomic E-state index is 11.4. The molecule has 1 aliphatic carbocycles. The van der Waals surface area contributed by atoms with E-state index in [1.165, 1.54) is 6.26 Å². The van der Waals surface area contributed by atoms with Crippen molar-refractivity contribution in [2.24, 2.45) is 0 Å². The second kappa shape index (κ2) is 3.94. The topological polar surface area (TPSA) is 49.4 Å². The SMILES string of the molecule is CN(C)NC1CCCC1S(C)(=O)=O. The zero-order valence-electron chi connectivity index (χ0n) is 8.45. The van der Waals surface area contributed by atoms with Crippen molar-refractivity contribution in [1.82, 2.24) is 10.4 Å². The third-order valence-electron chi connectivity index (χ3n) is 2.43. The van der Waals surface area contributed by atoms with E-state index in [-0.39, 0.29) is 11.3 Å². The highest BCUT2D eigenvalue weighted by Crippen LogP contribution is 2.24. The number of nitrogens with one attached hydrogen (secondary N) is 1. The molecule has 2 unspecified atom stereocenters. The standard InChI is InChI=1S/C8H18N2O2S/c1-10(2)9-7-5-4-6-8(7)13(3,11)12/h7-9H,4-6H2,1-3H3. The molecule has 0 spiro atoms. The first kappa shape index (κ1) is 10.9. The highest BCUT2D eigenvalue weighted by molar-refractivity contribution is 7.91. The van der Waals surface area contributed by atoms with E-state index in [9.17, 15) is 8.42 Å². The van der Waals surface area contributed by atoms with Gasteiger partial charge in [-0.05, 0) is 12.8 Å². The molecule has 0 bridgehead atoms. The number of hydrazine groups is 1. The van der Waals surface area contributed by atoms with E-state index in [1.807, 2.05) is 19.1 Å². The third-order valence-corrected chi connectivity index (χ3v) is 4.09. The fourth-order valence-corrected chi connectivity index (χ4v) is 3.31. The number of hydrogen-bond acceptors (Lipinski definition) is 4. The Labute approximate surface area is 80.2 Å². The number of sulfone groups is 1. The quantitative estimate of drug-likeness (QED) is 0.661. The molecule has 1 aliphatic rings. The zero-order valence-corrected chi connectivity index (χ0v) is 9.26. The van der Waals surface area contributed by atoms with E-state index in [4.69, 9.17) is 0 Å². The molecule has 0 aromatic rings. The van der Waals surface area contributed by atoms with Crippen LogP contribution in [0.5, 0.6) is 0 Å². The highest BCUT2D eigenvalue weighted by Gasteiger charge is 2.34. The molecule has 0 saturated heterocycles. The molecule has 0 radical (unpaired) electrons. The normalized spacial score (nSPS) is 29.8. The average molecular weight is 206 g/mol. The molecule has 4 nitrogen and oxygen atoms in total. The molecule has 0 heterocycles. The summed E-state index contributed by atoms with van der Waals surface area (Å²) in [6.07, 6.45) is 4.08. The van der Waals surface area contributed by atoms with Crippen LogP contribution >= 0.6 is 0 Å². The van der Waals surface area contributed by atoms with Crippen molar-refractivity contribution in [1.29, 1.82) is 0 Å². The van der Waals surface area contributed by atoms with E-state index >= 15 is 0 Å². The predicted octanol–water partition coefficient (Wildman–Crippen LogP) is 0.0183. The summed E-state index contributed by atoms with van der Waals surface area (Å²) in [7, 11) is 0.887. The molecule has 5 heteroatoms. The van der Waals surface area contributed by atoms with Crippen LogP contribution in [0.3, 0.4) is 0 Å². The molecule has 0 aliphatic heterocycles. The lowest BCUT2D eigenvalue weighted by Gasteiger charge is -2.23.